The average Bonchev–Trinajstić information content (AvgIpc) is 3.83. The van der Waals surface area contributed by atoms with Crippen molar-refractivity contribution < 1.29 is 8.83 Å². The SMILES string of the molecule is CC1(C)c2ccccc2-c2c(N(c3ccc(-c4ccc5ccc6oc7ccccc7c6c5c4)cc3)c3ccc4oc5ccccc5c4c3)cccc21. The van der Waals surface area contributed by atoms with E-state index in [-0.39, 0.29) is 5.41 Å². The van der Waals surface area contributed by atoms with E-state index in [9.17, 15) is 0 Å². The van der Waals surface area contributed by atoms with Crippen LogP contribution in [0.25, 0.3) is 76.9 Å². The van der Waals surface area contributed by atoms with Crippen molar-refractivity contribution in [1.82, 2.24) is 0 Å². The number of fused-ring (bicyclic) bond motifs is 11. The summed E-state index contributed by atoms with van der Waals surface area (Å²) in [7, 11) is 0. The third kappa shape index (κ3) is 4.14. The van der Waals surface area contributed by atoms with Crippen LogP contribution in [0.4, 0.5) is 17.1 Å². The van der Waals surface area contributed by atoms with Crippen molar-refractivity contribution in [3.63, 3.8) is 0 Å². The second-order valence-corrected chi connectivity index (χ2v) is 14.5. The standard InChI is InChI=1S/C49H33NO2/c1-49(2)40-13-6-3-11-36(40)48-41(49)14-9-15-42(48)50(34-25-27-45-39(29-34)35-10-4-7-16-43(35)51-45)33-23-20-30(21-24-33)32-19-18-31-22-26-46-47(38(31)28-32)37-12-5-8-17-44(37)52-46/h3-29H,1-2H3. The summed E-state index contributed by atoms with van der Waals surface area (Å²) in [5.74, 6) is 0. The molecule has 0 radical (unpaired) electrons. The van der Waals surface area contributed by atoms with Gasteiger partial charge in [0.05, 0.1) is 5.69 Å². The van der Waals surface area contributed by atoms with Gasteiger partial charge in [0.25, 0.3) is 0 Å². The molecule has 0 atom stereocenters. The molecule has 11 rings (SSSR count). The van der Waals surface area contributed by atoms with Gasteiger partial charge in [-0.2, -0.15) is 0 Å². The Kier molecular flexibility index (Phi) is 6.01. The van der Waals surface area contributed by atoms with Crippen molar-refractivity contribution in [2.45, 2.75) is 19.3 Å². The van der Waals surface area contributed by atoms with E-state index in [0.29, 0.717) is 0 Å². The van der Waals surface area contributed by atoms with Crippen LogP contribution in [0.3, 0.4) is 0 Å². The number of para-hydroxylation sites is 2. The predicted molar refractivity (Wildman–Crippen MR) is 216 cm³/mol. The predicted octanol–water partition coefficient (Wildman–Crippen LogP) is 14.1. The highest BCUT2D eigenvalue weighted by Crippen LogP contribution is 2.54. The van der Waals surface area contributed by atoms with Crippen LogP contribution in [-0.2, 0) is 5.41 Å². The van der Waals surface area contributed by atoms with Crippen LogP contribution in [0.1, 0.15) is 25.0 Å². The second kappa shape index (κ2) is 10.7. The van der Waals surface area contributed by atoms with E-state index < -0.39 is 0 Å². The molecule has 1 aliphatic carbocycles. The van der Waals surface area contributed by atoms with E-state index in [4.69, 9.17) is 8.83 Å². The van der Waals surface area contributed by atoms with E-state index in [1.54, 1.807) is 0 Å². The molecule has 2 aromatic heterocycles. The Hall–Kier alpha value is -6.58. The number of hydrogen-bond donors (Lipinski definition) is 0. The number of nitrogens with zero attached hydrogens (tertiary/aromatic N) is 1. The van der Waals surface area contributed by atoms with Crippen LogP contribution >= 0.6 is 0 Å². The van der Waals surface area contributed by atoms with Crippen molar-refractivity contribution in [3.05, 3.63) is 175 Å². The Morgan fingerprint density at radius 1 is 0.442 bits per heavy atom. The quantitative estimate of drug-likeness (QED) is 0.187. The van der Waals surface area contributed by atoms with Gasteiger partial charge in [-0.1, -0.05) is 117 Å². The first kappa shape index (κ1) is 29.2. The summed E-state index contributed by atoms with van der Waals surface area (Å²) < 4.78 is 12.5. The molecule has 3 nitrogen and oxygen atoms in total. The average molecular weight is 668 g/mol. The normalized spacial score (nSPS) is 13.3. The summed E-state index contributed by atoms with van der Waals surface area (Å²) >= 11 is 0. The van der Waals surface area contributed by atoms with Crippen molar-refractivity contribution in [1.29, 1.82) is 0 Å². The number of rotatable bonds is 4. The maximum atomic E-state index is 6.26. The number of benzene rings is 8. The Labute approximate surface area is 301 Å². The van der Waals surface area contributed by atoms with Crippen molar-refractivity contribution in [2.75, 3.05) is 4.90 Å². The fourth-order valence-corrected chi connectivity index (χ4v) is 8.73. The molecule has 3 heteroatoms. The first-order valence-corrected chi connectivity index (χ1v) is 17.9. The molecule has 0 saturated heterocycles. The molecule has 0 bridgehead atoms. The molecule has 246 valence electrons. The lowest BCUT2D eigenvalue weighted by molar-refractivity contribution is 0.660. The van der Waals surface area contributed by atoms with Crippen LogP contribution in [0.15, 0.2) is 173 Å². The third-order valence-electron chi connectivity index (χ3n) is 11.3. The minimum absolute atomic E-state index is 0.107. The molecule has 0 N–H and O–H groups in total. The molecular weight excluding hydrogens is 635 g/mol. The summed E-state index contributed by atoms with van der Waals surface area (Å²) in [6.07, 6.45) is 0. The van der Waals surface area contributed by atoms with E-state index in [0.717, 1.165) is 61.1 Å². The van der Waals surface area contributed by atoms with E-state index in [1.165, 1.54) is 44.0 Å². The number of furan rings is 2. The van der Waals surface area contributed by atoms with Crippen LogP contribution in [0, 0.1) is 0 Å². The lowest BCUT2D eigenvalue weighted by Gasteiger charge is -2.29. The van der Waals surface area contributed by atoms with Gasteiger partial charge in [-0.05, 0) is 99.3 Å². The Balaban J connectivity index is 1.10. The summed E-state index contributed by atoms with van der Waals surface area (Å²) in [6.45, 7) is 4.68. The minimum atomic E-state index is -0.107. The molecule has 0 saturated carbocycles. The fourth-order valence-electron chi connectivity index (χ4n) is 8.73. The van der Waals surface area contributed by atoms with Gasteiger partial charge in [-0.25, -0.2) is 0 Å². The maximum Gasteiger partial charge on any atom is 0.136 e. The van der Waals surface area contributed by atoms with Crippen molar-refractivity contribution in [2.24, 2.45) is 0 Å². The Bertz CT molecular complexity index is 3050. The van der Waals surface area contributed by atoms with Crippen molar-refractivity contribution >= 4 is 71.7 Å². The lowest BCUT2D eigenvalue weighted by Crippen LogP contribution is -2.16. The monoisotopic (exact) mass is 667 g/mol. The molecule has 8 aromatic carbocycles. The molecule has 0 amide bonds. The first-order valence-electron chi connectivity index (χ1n) is 17.9. The highest BCUT2D eigenvalue weighted by Gasteiger charge is 2.37. The van der Waals surface area contributed by atoms with E-state index in [1.807, 2.05) is 24.3 Å². The second-order valence-electron chi connectivity index (χ2n) is 14.5. The first-order chi connectivity index (χ1) is 25.5. The van der Waals surface area contributed by atoms with Gasteiger partial charge >= 0.3 is 0 Å². The summed E-state index contributed by atoms with van der Waals surface area (Å²) in [5, 5.41) is 6.95. The van der Waals surface area contributed by atoms with Crippen LogP contribution in [0.5, 0.6) is 0 Å². The molecule has 0 spiro atoms. The van der Waals surface area contributed by atoms with Gasteiger partial charge in [0, 0.05) is 43.9 Å². The summed E-state index contributed by atoms with van der Waals surface area (Å²) in [5.41, 5.74) is 14.5. The van der Waals surface area contributed by atoms with Crippen molar-refractivity contribution in [3.8, 4) is 22.3 Å². The molecular formula is C49H33NO2. The van der Waals surface area contributed by atoms with E-state index >= 15 is 0 Å². The molecule has 2 heterocycles. The molecule has 0 aliphatic heterocycles. The van der Waals surface area contributed by atoms with E-state index in [2.05, 4.69) is 158 Å². The maximum absolute atomic E-state index is 6.26. The molecule has 0 unspecified atom stereocenters. The van der Waals surface area contributed by atoms with Gasteiger partial charge in [-0.15, -0.1) is 0 Å². The van der Waals surface area contributed by atoms with Gasteiger partial charge in [0.2, 0.25) is 0 Å². The largest absolute Gasteiger partial charge is 0.456 e. The minimum Gasteiger partial charge on any atom is -0.456 e. The fraction of sp³-hybridized carbons (Fsp3) is 0.0612. The zero-order chi connectivity index (χ0) is 34.6. The highest BCUT2D eigenvalue weighted by molar-refractivity contribution is 6.19. The Morgan fingerprint density at radius 2 is 1.08 bits per heavy atom. The molecule has 52 heavy (non-hydrogen) atoms. The van der Waals surface area contributed by atoms with Gasteiger partial charge < -0.3 is 13.7 Å². The van der Waals surface area contributed by atoms with Gasteiger partial charge in [0.15, 0.2) is 0 Å². The zero-order valence-corrected chi connectivity index (χ0v) is 28.9. The number of anilines is 3. The topological polar surface area (TPSA) is 29.5 Å². The molecule has 1 aliphatic rings. The van der Waals surface area contributed by atoms with Crippen LogP contribution in [-0.4, -0.2) is 0 Å². The Morgan fingerprint density at radius 3 is 1.94 bits per heavy atom. The number of hydrogen-bond acceptors (Lipinski definition) is 3. The summed E-state index contributed by atoms with van der Waals surface area (Å²) in [4.78, 5) is 2.42. The zero-order valence-electron chi connectivity index (χ0n) is 28.9. The van der Waals surface area contributed by atoms with Crippen LogP contribution < -0.4 is 4.90 Å². The molecule has 0 fully saturated rings. The van der Waals surface area contributed by atoms with Gasteiger partial charge in [-0.3, -0.25) is 0 Å². The third-order valence-corrected chi connectivity index (χ3v) is 11.3. The highest BCUT2D eigenvalue weighted by atomic mass is 16.3. The van der Waals surface area contributed by atoms with Crippen LogP contribution in [0.2, 0.25) is 0 Å². The lowest BCUT2D eigenvalue weighted by atomic mass is 9.82. The molecule has 10 aromatic rings. The summed E-state index contributed by atoms with van der Waals surface area (Å²) in [6, 6.07) is 58.9. The smallest absolute Gasteiger partial charge is 0.136 e. The van der Waals surface area contributed by atoms with Gasteiger partial charge in [0.1, 0.15) is 22.3 Å².